The number of H-pyrrole nitrogens is 2. The van der Waals surface area contributed by atoms with Gasteiger partial charge in [-0.15, -0.1) is 0 Å². The highest BCUT2D eigenvalue weighted by Crippen LogP contribution is 2.25. The third kappa shape index (κ3) is 2.30. The van der Waals surface area contributed by atoms with Gasteiger partial charge in [0.25, 0.3) is 0 Å². The quantitative estimate of drug-likeness (QED) is 0.772. The number of hydrogen-bond acceptors (Lipinski definition) is 3. The number of pyridine rings is 1. The van der Waals surface area contributed by atoms with Gasteiger partial charge in [-0.3, -0.25) is 9.89 Å². The summed E-state index contributed by atoms with van der Waals surface area (Å²) >= 11 is 0. The van der Waals surface area contributed by atoms with Crippen molar-refractivity contribution in [3.8, 4) is 11.3 Å². The molecule has 2 aromatic heterocycles. The van der Waals surface area contributed by atoms with Crippen LogP contribution in [0.25, 0.3) is 11.3 Å². The average molecular weight is 246 g/mol. The van der Waals surface area contributed by atoms with E-state index >= 15 is 0 Å². The molecule has 0 bridgehead atoms. The third-order valence-corrected chi connectivity index (χ3v) is 2.84. The van der Waals surface area contributed by atoms with Crippen LogP contribution in [0.1, 0.15) is 25.1 Å². The zero-order chi connectivity index (χ0) is 13.3. The fraction of sp³-hybridized carbons (Fsp3) is 0.385. The van der Waals surface area contributed by atoms with Crippen LogP contribution in [-0.2, 0) is 6.42 Å². The minimum Gasteiger partial charge on any atom is -0.382 e. The van der Waals surface area contributed by atoms with Gasteiger partial charge >= 0.3 is 0 Å². The largest absolute Gasteiger partial charge is 0.382 e. The summed E-state index contributed by atoms with van der Waals surface area (Å²) in [6.07, 6.45) is 2.50. The average Bonchev–Trinajstić information content (AvgIpc) is 2.60. The highest BCUT2D eigenvalue weighted by atomic mass is 16.1. The zero-order valence-electron chi connectivity index (χ0n) is 10.9. The van der Waals surface area contributed by atoms with Gasteiger partial charge in [-0.05, 0) is 19.3 Å². The zero-order valence-corrected chi connectivity index (χ0v) is 10.9. The number of aryl methyl sites for hydroxylation is 1. The van der Waals surface area contributed by atoms with E-state index < -0.39 is 0 Å². The number of aromatic nitrogens is 3. The Labute approximate surface area is 105 Å². The van der Waals surface area contributed by atoms with E-state index in [-0.39, 0.29) is 5.43 Å². The van der Waals surface area contributed by atoms with Crippen molar-refractivity contribution in [2.75, 3.05) is 5.73 Å². The molecule has 0 saturated carbocycles. The van der Waals surface area contributed by atoms with E-state index in [2.05, 4.69) is 29.0 Å². The minimum absolute atomic E-state index is 0.0279. The Morgan fingerprint density at radius 2 is 2.17 bits per heavy atom. The Hall–Kier alpha value is -2.04. The number of nitrogen functional groups attached to an aromatic ring is 1. The van der Waals surface area contributed by atoms with E-state index in [1.54, 1.807) is 12.3 Å². The monoisotopic (exact) mass is 246 g/mol. The molecule has 0 fully saturated rings. The predicted octanol–water partition coefficient (Wildman–Crippen LogP) is 1.85. The van der Waals surface area contributed by atoms with Gasteiger partial charge in [0.2, 0.25) is 0 Å². The van der Waals surface area contributed by atoms with Crippen molar-refractivity contribution >= 4 is 5.82 Å². The summed E-state index contributed by atoms with van der Waals surface area (Å²) < 4.78 is 0. The summed E-state index contributed by atoms with van der Waals surface area (Å²) in [5.74, 6) is 0.923. The fourth-order valence-corrected chi connectivity index (χ4v) is 1.99. The van der Waals surface area contributed by atoms with Crippen molar-refractivity contribution in [3.05, 3.63) is 33.7 Å². The molecule has 0 radical (unpaired) electrons. The fourth-order valence-electron chi connectivity index (χ4n) is 1.99. The molecule has 0 spiro atoms. The van der Waals surface area contributed by atoms with Gasteiger partial charge in [0, 0.05) is 23.5 Å². The molecular formula is C13H18N4O. The molecule has 0 aliphatic carbocycles. The molecule has 0 aliphatic rings. The summed E-state index contributed by atoms with van der Waals surface area (Å²) in [4.78, 5) is 15.0. The molecule has 5 heteroatoms. The van der Waals surface area contributed by atoms with E-state index in [4.69, 9.17) is 5.73 Å². The van der Waals surface area contributed by atoms with Gasteiger partial charge in [0.1, 0.15) is 5.82 Å². The van der Waals surface area contributed by atoms with Crippen molar-refractivity contribution in [1.82, 2.24) is 15.2 Å². The molecule has 0 saturated heterocycles. The lowest BCUT2D eigenvalue weighted by Crippen LogP contribution is -2.07. The number of nitrogens with zero attached hydrogens (tertiary/aromatic N) is 1. The van der Waals surface area contributed by atoms with Gasteiger partial charge in [-0.2, -0.15) is 5.10 Å². The van der Waals surface area contributed by atoms with Gasteiger partial charge < -0.3 is 10.7 Å². The summed E-state index contributed by atoms with van der Waals surface area (Å²) in [5.41, 5.74) is 8.88. The van der Waals surface area contributed by atoms with Gasteiger partial charge in [0.05, 0.1) is 11.3 Å². The molecule has 96 valence electrons. The van der Waals surface area contributed by atoms with E-state index in [9.17, 15) is 4.79 Å². The smallest absolute Gasteiger partial charge is 0.191 e. The van der Waals surface area contributed by atoms with E-state index in [1.807, 2.05) is 6.92 Å². The van der Waals surface area contributed by atoms with Crippen LogP contribution in [0.5, 0.6) is 0 Å². The first kappa shape index (κ1) is 12.4. The predicted molar refractivity (Wildman–Crippen MR) is 72.3 cm³/mol. The van der Waals surface area contributed by atoms with Crippen LogP contribution in [0, 0.1) is 12.8 Å². The van der Waals surface area contributed by atoms with Crippen LogP contribution < -0.4 is 11.2 Å². The highest BCUT2D eigenvalue weighted by molar-refractivity contribution is 5.67. The van der Waals surface area contributed by atoms with E-state index in [1.165, 1.54) is 0 Å². The molecule has 0 atom stereocenters. The summed E-state index contributed by atoms with van der Waals surface area (Å²) in [6.45, 7) is 6.06. The number of hydrogen-bond donors (Lipinski definition) is 3. The number of rotatable bonds is 3. The van der Waals surface area contributed by atoms with Crippen LogP contribution in [0.3, 0.4) is 0 Å². The Morgan fingerprint density at radius 1 is 1.44 bits per heavy atom. The Kier molecular flexibility index (Phi) is 3.23. The van der Waals surface area contributed by atoms with Crippen molar-refractivity contribution in [1.29, 1.82) is 0 Å². The van der Waals surface area contributed by atoms with Gasteiger partial charge in [-0.1, -0.05) is 13.8 Å². The van der Waals surface area contributed by atoms with Crippen LogP contribution >= 0.6 is 0 Å². The molecule has 2 heterocycles. The topological polar surface area (TPSA) is 87.6 Å². The second-order valence-electron chi connectivity index (χ2n) is 4.95. The summed E-state index contributed by atoms with van der Waals surface area (Å²) in [6, 6.07) is 1.57. The van der Waals surface area contributed by atoms with Crippen LogP contribution in [0.15, 0.2) is 17.1 Å². The molecular weight excluding hydrogens is 228 g/mol. The number of anilines is 1. The summed E-state index contributed by atoms with van der Waals surface area (Å²) in [7, 11) is 0. The third-order valence-electron chi connectivity index (χ3n) is 2.84. The molecule has 0 aromatic carbocycles. The van der Waals surface area contributed by atoms with Crippen molar-refractivity contribution in [2.24, 2.45) is 5.92 Å². The molecule has 0 amide bonds. The Balaban J connectivity index is 2.54. The number of nitrogens with one attached hydrogen (secondary N) is 2. The SMILES string of the molecule is Cc1cc(=O)c(-c2[nH]nc(N)c2CC(C)C)c[nH]1. The maximum absolute atomic E-state index is 12.0. The lowest BCUT2D eigenvalue weighted by atomic mass is 9.99. The van der Waals surface area contributed by atoms with Crippen molar-refractivity contribution < 1.29 is 0 Å². The van der Waals surface area contributed by atoms with E-state index in [0.29, 0.717) is 17.3 Å². The first-order valence-corrected chi connectivity index (χ1v) is 6.01. The molecule has 0 unspecified atom stereocenters. The van der Waals surface area contributed by atoms with E-state index in [0.717, 1.165) is 23.4 Å². The van der Waals surface area contributed by atoms with Crippen LogP contribution in [-0.4, -0.2) is 15.2 Å². The number of aromatic amines is 2. The molecule has 5 nitrogen and oxygen atoms in total. The second kappa shape index (κ2) is 4.68. The van der Waals surface area contributed by atoms with Crippen molar-refractivity contribution in [2.45, 2.75) is 27.2 Å². The normalized spacial score (nSPS) is 11.1. The molecule has 2 rings (SSSR count). The van der Waals surface area contributed by atoms with Crippen LogP contribution in [0.2, 0.25) is 0 Å². The first-order valence-electron chi connectivity index (χ1n) is 6.01. The lowest BCUT2D eigenvalue weighted by Gasteiger charge is -2.06. The highest BCUT2D eigenvalue weighted by Gasteiger charge is 2.16. The minimum atomic E-state index is -0.0279. The van der Waals surface area contributed by atoms with Crippen LogP contribution in [0.4, 0.5) is 5.82 Å². The standard InChI is InChI=1S/C13H18N4O/c1-7(2)4-9-12(16-17-13(9)14)10-6-15-8(3)5-11(10)18/h5-7H,4H2,1-3H3,(H,15,18)(H3,14,16,17). The maximum atomic E-state index is 12.0. The lowest BCUT2D eigenvalue weighted by molar-refractivity contribution is 0.649. The van der Waals surface area contributed by atoms with Gasteiger partial charge in [-0.25, -0.2) is 0 Å². The number of nitrogens with two attached hydrogens (primary N) is 1. The second-order valence-corrected chi connectivity index (χ2v) is 4.95. The Morgan fingerprint density at radius 3 is 2.78 bits per heavy atom. The first-order chi connectivity index (χ1) is 8.49. The molecule has 2 aromatic rings. The summed E-state index contributed by atoms with van der Waals surface area (Å²) in [5, 5.41) is 6.87. The molecule has 18 heavy (non-hydrogen) atoms. The molecule has 0 aliphatic heterocycles. The van der Waals surface area contributed by atoms with Gasteiger partial charge in [0.15, 0.2) is 5.43 Å². The Bertz CT molecular complexity index is 610. The maximum Gasteiger partial charge on any atom is 0.191 e. The van der Waals surface area contributed by atoms with Crippen molar-refractivity contribution in [3.63, 3.8) is 0 Å². The molecule has 4 N–H and O–H groups in total.